The number of rotatable bonds is 6. The zero-order valence-electron chi connectivity index (χ0n) is 12.3. The van der Waals surface area contributed by atoms with Crippen molar-refractivity contribution in [1.29, 1.82) is 0 Å². The molecule has 0 fully saturated rings. The van der Waals surface area contributed by atoms with Crippen molar-refractivity contribution in [3.8, 4) is 0 Å². The van der Waals surface area contributed by atoms with Gasteiger partial charge in [0.25, 0.3) is 5.91 Å². The van der Waals surface area contributed by atoms with Crippen LogP contribution in [0.2, 0.25) is 0 Å². The van der Waals surface area contributed by atoms with E-state index in [-0.39, 0.29) is 18.1 Å². The van der Waals surface area contributed by atoms with Crippen LogP contribution >= 0.6 is 0 Å². The fourth-order valence-corrected chi connectivity index (χ4v) is 1.79. The number of aryl methyl sites for hydroxylation is 1. The van der Waals surface area contributed by atoms with Gasteiger partial charge in [-0.3, -0.25) is 14.4 Å². The van der Waals surface area contributed by atoms with E-state index in [4.69, 9.17) is 9.63 Å². The lowest BCUT2D eigenvalue weighted by Gasteiger charge is -2.05. The molecule has 8 heteroatoms. The second-order valence-corrected chi connectivity index (χ2v) is 4.83. The standard InChI is InChI=1S/C15H15N3O5/c1-9-6-12(23-18-9)15(22)17-11-4-2-10(3-5-11)7-13(19)16-8-14(20)21/h2-6H,7-8H2,1H3,(H,16,19)(H,17,22)(H,20,21). The van der Waals surface area contributed by atoms with E-state index >= 15 is 0 Å². The lowest BCUT2D eigenvalue weighted by Crippen LogP contribution is -2.30. The third kappa shape index (κ3) is 4.95. The van der Waals surface area contributed by atoms with E-state index in [1.807, 2.05) is 0 Å². The fraction of sp³-hybridized carbons (Fsp3) is 0.200. The monoisotopic (exact) mass is 317 g/mol. The molecule has 0 bridgehead atoms. The van der Waals surface area contributed by atoms with Crippen LogP contribution in [0, 0.1) is 6.92 Å². The van der Waals surface area contributed by atoms with E-state index in [0.717, 1.165) is 0 Å². The molecule has 1 aromatic heterocycles. The number of nitrogens with one attached hydrogen (secondary N) is 2. The van der Waals surface area contributed by atoms with Crippen LogP contribution in [0.25, 0.3) is 0 Å². The smallest absolute Gasteiger partial charge is 0.322 e. The molecule has 120 valence electrons. The van der Waals surface area contributed by atoms with Gasteiger partial charge in [0, 0.05) is 11.8 Å². The fourth-order valence-electron chi connectivity index (χ4n) is 1.79. The molecular formula is C15H15N3O5. The van der Waals surface area contributed by atoms with E-state index in [9.17, 15) is 14.4 Å². The topological polar surface area (TPSA) is 122 Å². The molecule has 1 aromatic carbocycles. The Labute approximate surface area is 131 Å². The number of carbonyl (C=O) groups excluding carboxylic acids is 2. The van der Waals surface area contributed by atoms with Gasteiger partial charge >= 0.3 is 5.97 Å². The molecule has 0 spiro atoms. The van der Waals surface area contributed by atoms with Crippen molar-refractivity contribution in [2.45, 2.75) is 13.3 Å². The van der Waals surface area contributed by atoms with E-state index in [1.54, 1.807) is 31.2 Å². The van der Waals surface area contributed by atoms with Crippen molar-refractivity contribution in [2.75, 3.05) is 11.9 Å². The summed E-state index contributed by atoms with van der Waals surface area (Å²) in [5.41, 5.74) is 1.85. The van der Waals surface area contributed by atoms with Gasteiger partial charge in [-0.25, -0.2) is 0 Å². The third-order valence-electron chi connectivity index (χ3n) is 2.87. The lowest BCUT2D eigenvalue weighted by atomic mass is 10.1. The highest BCUT2D eigenvalue weighted by Crippen LogP contribution is 2.12. The number of carboxylic acid groups (broad SMARTS) is 1. The maximum Gasteiger partial charge on any atom is 0.322 e. The van der Waals surface area contributed by atoms with Crippen molar-refractivity contribution in [3.63, 3.8) is 0 Å². The largest absolute Gasteiger partial charge is 0.480 e. The van der Waals surface area contributed by atoms with Gasteiger partial charge in [0.15, 0.2) is 0 Å². The number of amides is 2. The van der Waals surface area contributed by atoms with Crippen LogP contribution in [0.15, 0.2) is 34.9 Å². The second-order valence-electron chi connectivity index (χ2n) is 4.83. The first-order chi connectivity index (χ1) is 10.9. The van der Waals surface area contributed by atoms with Crippen LogP contribution < -0.4 is 10.6 Å². The number of hydrogen-bond donors (Lipinski definition) is 3. The van der Waals surface area contributed by atoms with Crippen molar-refractivity contribution < 1.29 is 24.0 Å². The predicted molar refractivity (Wildman–Crippen MR) is 80.0 cm³/mol. The van der Waals surface area contributed by atoms with E-state index in [1.165, 1.54) is 6.07 Å². The molecule has 0 saturated carbocycles. The summed E-state index contributed by atoms with van der Waals surface area (Å²) in [6.45, 7) is 1.30. The Morgan fingerprint density at radius 3 is 2.48 bits per heavy atom. The van der Waals surface area contributed by atoms with E-state index in [2.05, 4.69) is 15.8 Å². The van der Waals surface area contributed by atoms with Crippen molar-refractivity contribution in [2.24, 2.45) is 0 Å². The number of hydrogen-bond acceptors (Lipinski definition) is 5. The highest BCUT2D eigenvalue weighted by Gasteiger charge is 2.12. The molecule has 2 rings (SSSR count). The summed E-state index contributed by atoms with van der Waals surface area (Å²) in [6.07, 6.45) is 0.0583. The van der Waals surface area contributed by atoms with Crippen LogP contribution in [0.4, 0.5) is 5.69 Å². The molecule has 8 nitrogen and oxygen atoms in total. The maximum absolute atomic E-state index is 11.9. The molecule has 0 aliphatic heterocycles. The number of carbonyl (C=O) groups is 3. The van der Waals surface area contributed by atoms with E-state index in [0.29, 0.717) is 16.9 Å². The van der Waals surface area contributed by atoms with Crippen LogP contribution in [-0.4, -0.2) is 34.6 Å². The van der Waals surface area contributed by atoms with Gasteiger partial charge in [-0.05, 0) is 24.6 Å². The van der Waals surface area contributed by atoms with Gasteiger partial charge in [0.1, 0.15) is 6.54 Å². The first-order valence-electron chi connectivity index (χ1n) is 6.76. The Kier molecular flexibility index (Phi) is 5.08. The molecule has 3 N–H and O–H groups in total. The van der Waals surface area contributed by atoms with E-state index < -0.39 is 18.4 Å². The minimum absolute atomic E-state index is 0.0583. The third-order valence-corrected chi connectivity index (χ3v) is 2.87. The van der Waals surface area contributed by atoms with Crippen molar-refractivity contribution in [3.05, 3.63) is 47.3 Å². The van der Waals surface area contributed by atoms with Gasteiger partial charge in [-0.2, -0.15) is 0 Å². The van der Waals surface area contributed by atoms with Crippen LogP contribution in [0.5, 0.6) is 0 Å². The van der Waals surface area contributed by atoms with Gasteiger partial charge in [-0.1, -0.05) is 17.3 Å². The Morgan fingerprint density at radius 1 is 1.22 bits per heavy atom. The zero-order valence-corrected chi connectivity index (χ0v) is 12.3. The summed E-state index contributed by atoms with van der Waals surface area (Å²) < 4.78 is 4.86. The van der Waals surface area contributed by atoms with Gasteiger partial charge in [-0.15, -0.1) is 0 Å². The summed E-state index contributed by atoms with van der Waals surface area (Å²) in [7, 11) is 0. The maximum atomic E-state index is 11.9. The summed E-state index contributed by atoms with van der Waals surface area (Å²) in [4.78, 5) is 33.7. The molecule has 2 aromatic rings. The highest BCUT2D eigenvalue weighted by atomic mass is 16.5. The Hall–Kier alpha value is -3.16. The summed E-state index contributed by atoms with van der Waals surface area (Å²) in [6, 6.07) is 8.14. The second kappa shape index (κ2) is 7.21. The Morgan fingerprint density at radius 2 is 1.91 bits per heavy atom. The molecular weight excluding hydrogens is 302 g/mol. The quantitative estimate of drug-likeness (QED) is 0.730. The molecule has 0 unspecified atom stereocenters. The predicted octanol–water partition coefficient (Wildman–Crippen LogP) is 0.979. The zero-order chi connectivity index (χ0) is 16.8. The van der Waals surface area contributed by atoms with Gasteiger partial charge < -0.3 is 20.3 Å². The molecule has 0 atom stereocenters. The molecule has 0 radical (unpaired) electrons. The van der Waals surface area contributed by atoms with Crippen molar-refractivity contribution in [1.82, 2.24) is 10.5 Å². The molecule has 2 amide bonds. The Bertz CT molecular complexity index is 721. The summed E-state index contributed by atoms with van der Waals surface area (Å²) in [5, 5.41) is 17.0. The number of aliphatic carboxylic acids is 1. The number of anilines is 1. The average molecular weight is 317 g/mol. The SMILES string of the molecule is Cc1cc(C(=O)Nc2ccc(CC(=O)NCC(=O)O)cc2)on1. The molecule has 0 aliphatic rings. The molecule has 0 saturated heterocycles. The first-order valence-corrected chi connectivity index (χ1v) is 6.76. The first kappa shape index (κ1) is 16.2. The number of benzene rings is 1. The number of carboxylic acids is 1. The minimum Gasteiger partial charge on any atom is -0.480 e. The average Bonchev–Trinajstić information content (AvgIpc) is 2.94. The molecule has 23 heavy (non-hydrogen) atoms. The van der Waals surface area contributed by atoms with Gasteiger partial charge in [0.2, 0.25) is 11.7 Å². The molecule has 0 aliphatic carbocycles. The summed E-state index contributed by atoms with van der Waals surface area (Å²) in [5.74, 6) is -1.79. The number of aromatic nitrogens is 1. The highest BCUT2D eigenvalue weighted by molar-refractivity contribution is 6.02. The normalized spacial score (nSPS) is 10.1. The van der Waals surface area contributed by atoms with Crippen molar-refractivity contribution >= 4 is 23.5 Å². The van der Waals surface area contributed by atoms with Crippen LogP contribution in [0.3, 0.4) is 0 Å². The Balaban J connectivity index is 1.90. The minimum atomic E-state index is -1.10. The molecule has 1 heterocycles. The van der Waals surface area contributed by atoms with Crippen LogP contribution in [0.1, 0.15) is 21.8 Å². The lowest BCUT2D eigenvalue weighted by molar-refractivity contribution is -0.137. The summed E-state index contributed by atoms with van der Waals surface area (Å²) >= 11 is 0. The number of nitrogens with zero attached hydrogens (tertiary/aromatic N) is 1. The van der Waals surface area contributed by atoms with Crippen LogP contribution in [-0.2, 0) is 16.0 Å². The van der Waals surface area contributed by atoms with Gasteiger partial charge in [0.05, 0.1) is 12.1 Å².